The maximum absolute atomic E-state index is 10.5. The highest BCUT2D eigenvalue weighted by Crippen LogP contribution is 2.35. The molecule has 2 saturated carbocycles. The number of ether oxygens (including phenoxy) is 3. The van der Waals surface area contributed by atoms with Crippen molar-refractivity contribution >= 4 is 0 Å². The molecule has 2 aliphatic carbocycles. The van der Waals surface area contributed by atoms with Crippen molar-refractivity contribution < 1.29 is 19.3 Å². The van der Waals surface area contributed by atoms with Gasteiger partial charge in [-0.25, -0.2) is 0 Å². The van der Waals surface area contributed by atoms with E-state index >= 15 is 0 Å². The summed E-state index contributed by atoms with van der Waals surface area (Å²) in [7, 11) is 0. The number of aliphatic hydroxyl groups is 1. The molecular weight excluding hydrogens is 318 g/mol. The normalized spacial score (nSPS) is 21.5. The predicted octanol–water partition coefficient (Wildman–Crippen LogP) is 3.20. The minimum absolute atomic E-state index is 0.263. The number of hydrogen-bond acceptors (Lipinski definition) is 5. The summed E-state index contributed by atoms with van der Waals surface area (Å²) in [5.74, 6) is 3.03. The van der Waals surface area contributed by atoms with E-state index in [1.165, 1.54) is 44.9 Å². The van der Waals surface area contributed by atoms with E-state index in [0.29, 0.717) is 24.9 Å². The van der Waals surface area contributed by atoms with Gasteiger partial charge in [0.2, 0.25) is 6.79 Å². The van der Waals surface area contributed by atoms with Gasteiger partial charge in [-0.3, -0.25) is 4.90 Å². The van der Waals surface area contributed by atoms with Gasteiger partial charge in [-0.05, 0) is 43.7 Å². The van der Waals surface area contributed by atoms with Crippen LogP contribution in [0.5, 0.6) is 17.2 Å². The molecule has 1 atom stereocenters. The molecule has 138 valence electrons. The van der Waals surface area contributed by atoms with Crippen molar-refractivity contribution in [1.82, 2.24) is 4.90 Å². The molecule has 0 spiro atoms. The third kappa shape index (κ3) is 4.59. The minimum atomic E-state index is -0.467. The molecule has 4 rings (SSSR count). The second-order valence-electron chi connectivity index (χ2n) is 7.67. The number of fused-ring (bicyclic) bond motifs is 1. The lowest BCUT2D eigenvalue weighted by molar-refractivity contribution is 0.0415. The van der Waals surface area contributed by atoms with Gasteiger partial charge in [-0.15, -0.1) is 0 Å². The molecule has 2 fully saturated rings. The molecule has 1 heterocycles. The quantitative estimate of drug-likeness (QED) is 0.783. The molecule has 0 bridgehead atoms. The summed E-state index contributed by atoms with van der Waals surface area (Å²) in [5.41, 5.74) is 0. The zero-order valence-electron chi connectivity index (χ0n) is 14.9. The fourth-order valence-corrected chi connectivity index (χ4v) is 3.93. The first-order valence-electron chi connectivity index (χ1n) is 9.72. The highest BCUT2D eigenvalue weighted by molar-refractivity contribution is 5.46. The first-order chi connectivity index (χ1) is 12.3. The maximum atomic E-state index is 10.5. The molecular formula is C20H29NO4. The summed E-state index contributed by atoms with van der Waals surface area (Å²) in [5, 5.41) is 10.5. The smallest absolute Gasteiger partial charge is 0.231 e. The lowest BCUT2D eigenvalue weighted by Gasteiger charge is -2.35. The Morgan fingerprint density at radius 1 is 1.08 bits per heavy atom. The van der Waals surface area contributed by atoms with Gasteiger partial charge in [0, 0.05) is 25.2 Å². The van der Waals surface area contributed by atoms with E-state index in [-0.39, 0.29) is 6.79 Å². The van der Waals surface area contributed by atoms with Crippen LogP contribution < -0.4 is 14.2 Å². The average Bonchev–Trinajstić information content (AvgIpc) is 3.34. The Bertz CT molecular complexity index is 569. The van der Waals surface area contributed by atoms with E-state index in [1.807, 2.05) is 18.2 Å². The molecule has 3 aliphatic rings. The van der Waals surface area contributed by atoms with Crippen molar-refractivity contribution in [1.29, 1.82) is 0 Å². The second-order valence-corrected chi connectivity index (χ2v) is 7.67. The van der Waals surface area contributed by atoms with E-state index in [2.05, 4.69) is 4.90 Å². The molecule has 0 saturated heterocycles. The highest BCUT2D eigenvalue weighted by atomic mass is 16.7. The Balaban J connectivity index is 1.29. The Kier molecular flexibility index (Phi) is 5.32. The summed E-state index contributed by atoms with van der Waals surface area (Å²) in [6.07, 6.45) is 8.82. The summed E-state index contributed by atoms with van der Waals surface area (Å²) in [6, 6.07) is 6.20. The van der Waals surface area contributed by atoms with Crippen molar-refractivity contribution in [3.63, 3.8) is 0 Å². The van der Waals surface area contributed by atoms with E-state index < -0.39 is 6.10 Å². The molecule has 5 nitrogen and oxygen atoms in total. The third-order valence-corrected chi connectivity index (χ3v) is 5.51. The topological polar surface area (TPSA) is 51.2 Å². The van der Waals surface area contributed by atoms with Crippen LogP contribution in [-0.2, 0) is 0 Å². The van der Waals surface area contributed by atoms with Gasteiger partial charge in [-0.1, -0.05) is 19.3 Å². The van der Waals surface area contributed by atoms with Crippen LogP contribution >= 0.6 is 0 Å². The summed E-state index contributed by atoms with van der Waals surface area (Å²) < 4.78 is 16.5. The van der Waals surface area contributed by atoms with Gasteiger partial charge in [0.25, 0.3) is 0 Å². The average molecular weight is 347 g/mol. The van der Waals surface area contributed by atoms with Crippen LogP contribution in [0.1, 0.15) is 44.9 Å². The zero-order chi connectivity index (χ0) is 17.1. The first kappa shape index (κ1) is 17.0. The third-order valence-electron chi connectivity index (χ3n) is 5.51. The standard InChI is InChI=1S/C20H29NO4/c22-17(13-23-18-8-9-19-20(10-18)25-14-24-19)12-21(11-15-6-7-15)16-4-2-1-3-5-16/h8-10,15-17,22H,1-7,11-14H2. The molecule has 5 heteroatoms. The molecule has 0 amide bonds. The van der Waals surface area contributed by atoms with Crippen LogP contribution in [0.4, 0.5) is 0 Å². The molecule has 1 aromatic rings. The summed E-state index contributed by atoms with van der Waals surface area (Å²) in [6.45, 7) is 2.43. The van der Waals surface area contributed by atoms with Crippen LogP contribution in [0, 0.1) is 5.92 Å². The number of aliphatic hydroxyl groups excluding tert-OH is 1. The molecule has 1 aromatic carbocycles. The fourth-order valence-electron chi connectivity index (χ4n) is 3.93. The van der Waals surface area contributed by atoms with Crippen LogP contribution in [-0.4, -0.2) is 48.6 Å². The van der Waals surface area contributed by atoms with Gasteiger partial charge in [0.15, 0.2) is 11.5 Å². The molecule has 0 radical (unpaired) electrons. The number of benzene rings is 1. The van der Waals surface area contributed by atoms with Crippen molar-refractivity contribution in [3.8, 4) is 17.2 Å². The lowest BCUT2D eigenvalue weighted by Crippen LogP contribution is -2.44. The Morgan fingerprint density at radius 2 is 1.88 bits per heavy atom. The van der Waals surface area contributed by atoms with Gasteiger partial charge < -0.3 is 19.3 Å². The molecule has 25 heavy (non-hydrogen) atoms. The van der Waals surface area contributed by atoms with Crippen LogP contribution in [0.15, 0.2) is 18.2 Å². The number of nitrogens with zero attached hydrogens (tertiary/aromatic N) is 1. The van der Waals surface area contributed by atoms with E-state index in [4.69, 9.17) is 14.2 Å². The van der Waals surface area contributed by atoms with Gasteiger partial charge in [0.1, 0.15) is 18.5 Å². The van der Waals surface area contributed by atoms with Gasteiger partial charge in [-0.2, -0.15) is 0 Å². The van der Waals surface area contributed by atoms with E-state index in [1.54, 1.807) is 0 Å². The van der Waals surface area contributed by atoms with Crippen molar-refractivity contribution in [2.45, 2.75) is 57.1 Å². The summed E-state index contributed by atoms with van der Waals surface area (Å²) in [4.78, 5) is 2.53. The fraction of sp³-hybridized carbons (Fsp3) is 0.700. The monoisotopic (exact) mass is 347 g/mol. The Morgan fingerprint density at radius 3 is 2.68 bits per heavy atom. The highest BCUT2D eigenvalue weighted by Gasteiger charge is 2.30. The largest absolute Gasteiger partial charge is 0.491 e. The van der Waals surface area contributed by atoms with Crippen molar-refractivity contribution in [2.75, 3.05) is 26.5 Å². The summed E-state index contributed by atoms with van der Waals surface area (Å²) >= 11 is 0. The van der Waals surface area contributed by atoms with Crippen molar-refractivity contribution in [2.24, 2.45) is 5.92 Å². The molecule has 0 aromatic heterocycles. The SMILES string of the molecule is OC(COc1ccc2c(c1)OCO2)CN(CC1CC1)C1CCCCC1. The lowest BCUT2D eigenvalue weighted by atomic mass is 9.93. The van der Waals surface area contributed by atoms with Crippen LogP contribution in [0.2, 0.25) is 0 Å². The second kappa shape index (κ2) is 7.83. The maximum Gasteiger partial charge on any atom is 0.231 e. The molecule has 1 N–H and O–H groups in total. The van der Waals surface area contributed by atoms with E-state index in [9.17, 15) is 5.11 Å². The van der Waals surface area contributed by atoms with Crippen LogP contribution in [0.25, 0.3) is 0 Å². The van der Waals surface area contributed by atoms with Gasteiger partial charge in [0.05, 0.1) is 0 Å². The Hall–Kier alpha value is -1.46. The molecule has 1 unspecified atom stereocenters. The van der Waals surface area contributed by atoms with Gasteiger partial charge >= 0.3 is 0 Å². The van der Waals surface area contributed by atoms with Crippen LogP contribution in [0.3, 0.4) is 0 Å². The minimum Gasteiger partial charge on any atom is -0.491 e. The number of rotatable bonds is 8. The number of hydrogen-bond donors (Lipinski definition) is 1. The predicted molar refractivity (Wildman–Crippen MR) is 95.2 cm³/mol. The van der Waals surface area contributed by atoms with Crippen molar-refractivity contribution in [3.05, 3.63) is 18.2 Å². The Labute approximate surface area is 149 Å². The molecule has 1 aliphatic heterocycles. The first-order valence-corrected chi connectivity index (χ1v) is 9.72. The van der Waals surface area contributed by atoms with E-state index in [0.717, 1.165) is 24.0 Å². The zero-order valence-corrected chi connectivity index (χ0v) is 14.9.